The fourth-order valence-electron chi connectivity index (χ4n) is 2.52. The Kier molecular flexibility index (Phi) is 5.61. The average Bonchev–Trinajstić information content (AvgIpc) is 3.12. The number of rotatable bonds is 6. The number of fused-ring (bicyclic) bond motifs is 1. The van der Waals surface area contributed by atoms with Crippen LogP contribution in [0, 0.1) is 0 Å². The normalized spacial score (nSPS) is 11.6. The minimum atomic E-state index is -0.786. The second-order valence-electron chi connectivity index (χ2n) is 5.88. The minimum absolute atomic E-state index is 0.358. The number of carbonyl (C=O) groups is 2. The van der Waals surface area contributed by atoms with Crippen LogP contribution in [0.15, 0.2) is 54.6 Å². The van der Waals surface area contributed by atoms with Crippen molar-refractivity contribution in [3.8, 4) is 11.5 Å². The van der Waals surface area contributed by atoms with Gasteiger partial charge in [0, 0.05) is 10.9 Å². The number of hydrogen-bond acceptors (Lipinski definition) is 4. The van der Waals surface area contributed by atoms with Crippen LogP contribution in [0.2, 0.25) is 0 Å². The molecule has 3 N–H and O–H groups in total. The van der Waals surface area contributed by atoms with Crippen molar-refractivity contribution in [2.45, 2.75) is 20.0 Å². The van der Waals surface area contributed by atoms with Crippen LogP contribution in [0.3, 0.4) is 0 Å². The van der Waals surface area contributed by atoms with E-state index in [9.17, 15) is 9.59 Å². The number of aromatic nitrogens is 1. The molecule has 7 nitrogen and oxygen atoms in total. The molecule has 0 aliphatic heterocycles. The molecule has 0 fully saturated rings. The summed E-state index contributed by atoms with van der Waals surface area (Å²) < 4.78 is 10.9. The number of benzene rings is 2. The van der Waals surface area contributed by atoms with Gasteiger partial charge in [-0.25, -0.2) is 0 Å². The molecule has 1 unspecified atom stereocenters. The molecule has 0 radical (unpaired) electrons. The predicted octanol–water partition coefficient (Wildman–Crippen LogP) is 2.80. The van der Waals surface area contributed by atoms with Gasteiger partial charge >= 0.3 is 0 Å². The molecule has 0 aliphatic carbocycles. The maximum Gasteiger partial charge on any atom is 0.286 e. The van der Waals surface area contributed by atoms with Crippen molar-refractivity contribution in [1.29, 1.82) is 0 Å². The third-order valence-corrected chi connectivity index (χ3v) is 3.89. The summed E-state index contributed by atoms with van der Waals surface area (Å²) in [5.74, 6) is 0.358. The average molecular weight is 367 g/mol. The summed E-state index contributed by atoms with van der Waals surface area (Å²) in [6.07, 6.45) is -0.786. The first kappa shape index (κ1) is 18.3. The molecule has 3 aromatic rings. The van der Waals surface area contributed by atoms with Gasteiger partial charge in [-0.3, -0.25) is 20.4 Å². The lowest BCUT2D eigenvalue weighted by Crippen LogP contribution is -2.47. The fraction of sp³-hybridized carbons (Fsp3) is 0.200. The molecule has 140 valence electrons. The summed E-state index contributed by atoms with van der Waals surface area (Å²) in [7, 11) is 0. The number of amides is 2. The smallest absolute Gasteiger partial charge is 0.286 e. The Bertz CT molecular complexity index is 901. The zero-order valence-corrected chi connectivity index (χ0v) is 15.1. The summed E-state index contributed by atoms with van der Waals surface area (Å²) in [6.45, 7) is 4.08. The molecule has 0 saturated carbocycles. The van der Waals surface area contributed by atoms with Crippen LogP contribution >= 0.6 is 0 Å². The number of hydrazine groups is 1. The largest absolute Gasteiger partial charge is 0.494 e. The first-order chi connectivity index (χ1) is 13.1. The Morgan fingerprint density at radius 3 is 2.44 bits per heavy atom. The summed E-state index contributed by atoms with van der Waals surface area (Å²) >= 11 is 0. The number of hydrogen-bond donors (Lipinski definition) is 3. The fourth-order valence-corrected chi connectivity index (χ4v) is 2.52. The van der Waals surface area contributed by atoms with E-state index in [1.807, 2.05) is 31.2 Å². The number of ether oxygens (including phenoxy) is 2. The van der Waals surface area contributed by atoms with Crippen molar-refractivity contribution in [2.24, 2.45) is 0 Å². The van der Waals surface area contributed by atoms with E-state index in [1.54, 1.807) is 37.3 Å². The van der Waals surface area contributed by atoms with Crippen LogP contribution in [0.1, 0.15) is 24.3 Å². The second kappa shape index (κ2) is 8.27. The van der Waals surface area contributed by atoms with Gasteiger partial charge in [-0.05, 0) is 50.2 Å². The van der Waals surface area contributed by atoms with Crippen LogP contribution in [-0.2, 0) is 4.79 Å². The SMILES string of the molecule is CCOc1ccc(OC(C)C(=O)NNC(=O)c2cc3ccccc3[nH]2)cc1. The molecule has 0 saturated heterocycles. The third-order valence-electron chi connectivity index (χ3n) is 3.89. The summed E-state index contributed by atoms with van der Waals surface area (Å²) in [5.41, 5.74) is 5.96. The van der Waals surface area contributed by atoms with Crippen molar-refractivity contribution >= 4 is 22.7 Å². The highest BCUT2D eigenvalue weighted by molar-refractivity contribution is 5.98. The van der Waals surface area contributed by atoms with Crippen LogP contribution in [0.25, 0.3) is 10.9 Å². The molecule has 0 aliphatic rings. The van der Waals surface area contributed by atoms with Crippen LogP contribution < -0.4 is 20.3 Å². The standard InChI is InChI=1S/C20H21N3O4/c1-3-26-15-8-10-16(11-9-15)27-13(2)19(24)22-23-20(25)18-12-14-6-4-5-7-17(14)21-18/h4-13,21H,3H2,1-2H3,(H,22,24)(H,23,25). The lowest BCUT2D eigenvalue weighted by molar-refractivity contribution is -0.128. The van der Waals surface area contributed by atoms with Gasteiger partial charge in [-0.15, -0.1) is 0 Å². The highest BCUT2D eigenvalue weighted by atomic mass is 16.5. The van der Waals surface area contributed by atoms with Gasteiger partial charge in [-0.2, -0.15) is 0 Å². The quantitative estimate of drug-likeness (QED) is 0.584. The highest BCUT2D eigenvalue weighted by Gasteiger charge is 2.16. The molecule has 3 rings (SSSR count). The molecular formula is C20H21N3O4. The third kappa shape index (κ3) is 4.58. The first-order valence-electron chi connectivity index (χ1n) is 8.64. The van der Waals surface area contributed by atoms with Gasteiger partial charge in [0.15, 0.2) is 6.10 Å². The van der Waals surface area contributed by atoms with Crippen LogP contribution in [0.5, 0.6) is 11.5 Å². The Morgan fingerprint density at radius 2 is 1.74 bits per heavy atom. The molecule has 0 bridgehead atoms. The maximum atomic E-state index is 12.2. The monoisotopic (exact) mass is 367 g/mol. The zero-order valence-electron chi connectivity index (χ0n) is 15.1. The van der Waals surface area contributed by atoms with Gasteiger partial charge < -0.3 is 14.5 Å². The lowest BCUT2D eigenvalue weighted by atomic mass is 10.2. The molecule has 0 spiro atoms. The Morgan fingerprint density at radius 1 is 1.04 bits per heavy atom. The number of para-hydroxylation sites is 1. The molecule has 2 aromatic carbocycles. The van der Waals surface area contributed by atoms with E-state index in [0.29, 0.717) is 18.1 Å². The Hall–Kier alpha value is -3.48. The van der Waals surface area contributed by atoms with Crippen LogP contribution in [-0.4, -0.2) is 29.5 Å². The lowest BCUT2D eigenvalue weighted by Gasteiger charge is -2.15. The summed E-state index contributed by atoms with van der Waals surface area (Å²) in [6, 6.07) is 16.2. The zero-order chi connectivity index (χ0) is 19.2. The van der Waals surface area contributed by atoms with Crippen molar-refractivity contribution in [1.82, 2.24) is 15.8 Å². The van der Waals surface area contributed by atoms with E-state index in [0.717, 1.165) is 16.7 Å². The molecule has 7 heteroatoms. The van der Waals surface area contributed by atoms with Gasteiger partial charge in [0.1, 0.15) is 17.2 Å². The van der Waals surface area contributed by atoms with E-state index in [-0.39, 0.29) is 0 Å². The highest BCUT2D eigenvalue weighted by Crippen LogP contribution is 2.18. The molecular weight excluding hydrogens is 346 g/mol. The van der Waals surface area contributed by atoms with Crippen molar-refractivity contribution < 1.29 is 19.1 Å². The summed E-state index contributed by atoms with van der Waals surface area (Å²) in [5, 5.41) is 0.918. The topological polar surface area (TPSA) is 92.4 Å². The van der Waals surface area contributed by atoms with Crippen molar-refractivity contribution in [2.75, 3.05) is 6.61 Å². The van der Waals surface area contributed by atoms with E-state index in [2.05, 4.69) is 15.8 Å². The van der Waals surface area contributed by atoms with E-state index < -0.39 is 17.9 Å². The van der Waals surface area contributed by atoms with Gasteiger partial charge in [0.05, 0.1) is 6.61 Å². The number of H-pyrrole nitrogens is 1. The number of aromatic amines is 1. The van der Waals surface area contributed by atoms with Gasteiger partial charge in [0.2, 0.25) is 0 Å². The Labute approximate surface area is 156 Å². The molecule has 27 heavy (non-hydrogen) atoms. The molecule has 1 heterocycles. The van der Waals surface area contributed by atoms with Crippen molar-refractivity contribution in [3.63, 3.8) is 0 Å². The molecule has 1 atom stereocenters. The van der Waals surface area contributed by atoms with E-state index >= 15 is 0 Å². The van der Waals surface area contributed by atoms with Gasteiger partial charge in [0.25, 0.3) is 11.8 Å². The first-order valence-corrected chi connectivity index (χ1v) is 8.64. The van der Waals surface area contributed by atoms with E-state index in [4.69, 9.17) is 9.47 Å². The van der Waals surface area contributed by atoms with Gasteiger partial charge in [-0.1, -0.05) is 18.2 Å². The second-order valence-corrected chi connectivity index (χ2v) is 5.88. The molecule has 1 aromatic heterocycles. The number of carbonyl (C=O) groups excluding carboxylic acids is 2. The minimum Gasteiger partial charge on any atom is -0.494 e. The molecule has 2 amide bonds. The van der Waals surface area contributed by atoms with Crippen LogP contribution in [0.4, 0.5) is 0 Å². The predicted molar refractivity (Wildman–Crippen MR) is 102 cm³/mol. The van der Waals surface area contributed by atoms with Crippen molar-refractivity contribution in [3.05, 3.63) is 60.3 Å². The number of nitrogens with one attached hydrogen (secondary N) is 3. The van der Waals surface area contributed by atoms with E-state index in [1.165, 1.54) is 0 Å². The summed E-state index contributed by atoms with van der Waals surface area (Å²) in [4.78, 5) is 27.3. The Balaban J connectivity index is 1.52. The maximum absolute atomic E-state index is 12.2.